The second-order valence-electron chi connectivity index (χ2n) is 5.33. The van der Waals surface area contributed by atoms with Crippen LogP contribution in [0, 0.1) is 0 Å². The Balaban J connectivity index is 2.31. The van der Waals surface area contributed by atoms with Crippen molar-refractivity contribution in [3.8, 4) is 0 Å². The molecule has 0 radical (unpaired) electrons. The van der Waals surface area contributed by atoms with Gasteiger partial charge < -0.3 is 10.4 Å². The van der Waals surface area contributed by atoms with Gasteiger partial charge in [-0.25, -0.2) is 0 Å². The lowest BCUT2D eigenvalue weighted by Crippen LogP contribution is -2.48. The molecule has 1 heterocycles. The first-order valence-corrected chi connectivity index (χ1v) is 5.58. The molecule has 1 amide bonds. The number of piperidine rings is 1. The molecule has 4 heteroatoms. The van der Waals surface area contributed by atoms with Gasteiger partial charge in [0.25, 0.3) is 0 Å². The van der Waals surface area contributed by atoms with E-state index >= 15 is 0 Å². The summed E-state index contributed by atoms with van der Waals surface area (Å²) in [5.74, 6) is 0.0385. The Hall–Kier alpha value is -0.610. The van der Waals surface area contributed by atoms with Gasteiger partial charge in [-0.1, -0.05) is 0 Å². The van der Waals surface area contributed by atoms with Crippen molar-refractivity contribution in [2.75, 3.05) is 19.6 Å². The van der Waals surface area contributed by atoms with Crippen LogP contribution in [0.15, 0.2) is 0 Å². The Labute approximate surface area is 91.6 Å². The van der Waals surface area contributed by atoms with E-state index in [0.29, 0.717) is 13.1 Å². The van der Waals surface area contributed by atoms with Crippen molar-refractivity contribution in [2.45, 2.75) is 45.3 Å². The van der Waals surface area contributed by atoms with E-state index in [1.54, 1.807) is 0 Å². The summed E-state index contributed by atoms with van der Waals surface area (Å²) in [6, 6.07) is 0. The van der Waals surface area contributed by atoms with Crippen LogP contribution >= 0.6 is 0 Å². The number of aliphatic hydroxyl groups excluding tert-OH is 1. The molecular formula is C11H22N2O2. The first-order chi connectivity index (χ1) is 6.87. The van der Waals surface area contributed by atoms with Gasteiger partial charge in [0.2, 0.25) is 5.91 Å². The average Bonchev–Trinajstić information content (AvgIpc) is 1.99. The molecule has 1 saturated heterocycles. The van der Waals surface area contributed by atoms with E-state index < -0.39 is 0 Å². The lowest BCUT2D eigenvalue weighted by Gasteiger charge is -2.30. The highest BCUT2D eigenvalue weighted by atomic mass is 16.3. The number of hydrogen-bond donors (Lipinski definition) is 2. The molecule has 1 fully saturated rings. The zero-order chi connectivity index (χ0) is 11.5. The van der Waals surface area contributed by atoms with E-state index in [2.05, 4.69) is 5.32 Å². The molecule has 0 bridgehead atoms. The molecule has 0 aromatic heterocycles. The van der Waals surface area contributed by atoms with Gasteiger partial charge in [-0.2, -0.15) is 0 Å². The third-order valence-electron chi connectivity index (χ3n) is 2.36. The summed E-state index contributed by atoms with van der Waals surface area (Å²) in [4.78, 5) is 13.6. The van der Waals surface area contributed by atoms with Gasteiger partial charge >= 0.3 is 0 Å². The molecule has 1 aliphatic heterocycles. The normalized spacial score (nSPS) is 23.9. The Morgan fingerprint density at radius 3 is 2.73 bits per heavy atom. The molecule has 1 aliphatic rings. The number of carbonyl (C=O) groups is 1. The van der Waals surface area contributed by atoms with Gasteiger partial charge in [0.05, 0.1) is 12.6 Å². The molecule has 15 heavy (non-hydrogen) atoms. The Morgan fingerprint density at radius 1 is 1.53 bits per heavy atom. The highest BCUT2D eigenvalue weighted by Gasteiger charge is 2.21. The summed E-state index contributed by atoms with van der Waals surface area (Å²) in [7, 11) is 0. The second-order valence-corrected chi connectivity index (χ2v) is 5.33. The average molecular weight is 214 g/mol. The molecule has 0 aromatic rings. The van der Waals surface area contributed by atoms with Gasteiger partial charge in [0.15, 0.2) is 0 Å². The molecule has 0 aliphatic carbocycles. The summed E-state index contributed by atoms with van der Waals surface area (Å²) in [5, 5.41) is 12.4. The lowest BCUT2D eigenvalue weighted by molar-refractivity contribution is -0.124. The van der Waals surface area contributed by atoms with E-state index in [4.69, 9.17) is 0 Å². The lowest BCUT2D eigenvalue weighted by atomic mass is 10.1. The maximum Gasteiger partial charge on any atom is 0.234 e. The summed E-state index contributed by atoms with van der Waals surface area (Å²) in [6.07, 6.45) is 1.57. The monoisotopic (exact) mass is 214 g/mol. The number of hydrogen-bond acceptors (Lipinski definition) is 3. The minimum absolute atomic E-state index is 0.0385. The Morgan fingerprint density at radius 2 is 2.20 bits per heavy atom. The van der Waals surface area contributed by atoms with Crippen molar-refractivity contribution >= 4 is 5.91 Å². The van der Waals surface area contributed by atoms with Crippen LogP contribution in [-0.2, 0) is 4.79 Å². The third-order valence-corrected chi connectivity index (χ3v) is 2.36. The maximum atomic E-state index is 11.6. The number of likely N-dealkylation sites (tertiary alicyclic amines) is 1. The molecule has 0 unspecified atom stereocenters. The summed E-state index contributed by atoms with van der Waals surface area (Å²) in [5.41, 5.74) is -0.175. The second kappa shape index (κ2) is 4.94. The van der Waals surface area contributed by atoms with E-state index in [-0.39, 0.29) is 17.6 Å². The SMILES string of the molecule is CC(C)(C)NC(=O)CN1CCC[C@H](O)C1. The number of amides is 1. The molecule has 0 saturated carbocycles. The van der Waals surface area contributed by atoms with Crippen molar-refractivity contribution in [2.24, 2.45) is 0 Å². The molecule has 0 aromatic carbocycles. The largest absolute Gasteiger partial charge is 0.392 e. The number of rotatable bonds is 2. The minimum atomic E-state index is -0.263. The molecule has 0 spiro atoms. The standard InChI is InChI=1S/C11H22N2O2/c1-11(2,3)12-10(15)8-13-6-4-5-9(14)7-13/h9,14H,4-8H2,1-3H3,(H,12,15)/t9-/m0/s1. The molecule has 88 valence electrons. The van der Waals surface area contributed by atoms with Crippen LogP contribution < -0.4 is 5.32 Å². The van der Waals surface area contributed by atoms with Gasteiger partial charge in [-0.3, -0.25) is 9.69 Å². The topological polar surface area (TPSA) is 52.6 Å². The van der Waals surface area contributed by atoms with E-state index in [1.165, 1.54) is 0 Å². The fraction of sp³-hybridized carbons (Fsp3) is 0.909. The number of aliphatic hydroxyl groups is 1. The first-order valence-electron chi connectivity index (χ1n) is 5.58. The van der Waals surface area contributed by atoms with Crippen molar-refractivity contribution in [3.05, 3.63) is 0 Å². The maximum absolute atomic E-state index is 11.6. The van der Waals surface area contributed by atoms with Crippen LogP contribution in [0.25, 0.3) is 0 Å². The van der Waals surface area contributed by atoms with Crippen LogP contribution in [0.1, 0.15) is 33.6 Å². The molecule has 4 nitrogen and oxygen atoms in total. The quantitative estimate of drug-likeness (QED) is 0.698. The van der Waals surface area contributed by atoms with Crippen LogP contribution in [0.3, 0.4) is 0 Å². The van der Waals surface area contributed by atoms with Crippen molar-refractivity contribution in [3.63, 3.8) is 0 Å². The minimum Gasteiger partial charge on any atom is -0.392 e. The van der Waals surface area contributed by atoms with Gasteiger partial charge in [0, 0.05) is 12.1 Å². The van der Waals surface area contributed by atoms with Crippen LogP contribution in [-0.4, -0.2) is 47.2 Å². The zero-order valence-corrected chi connectivity index (χ0v) is 9.92. The van der Waals surface area contributed by atoms with Crippen molar-refractivity contribution in [1.29, 1.82) is 0 Å². The summed E-state index contributed by atoms with van der Waals surface area (Å²) < 4.78 is 0. The number of nitrogens with zero attached hydrogens (tertiary/aromatic N) is 1. The third kappa shape index (κ3) is 5.14. The van der Waals surface area contributed by atoms with Crippen LogP contribution in [0.2, 0.25) is 0 Å². The highest BCUT2D eigenvalue weighted by Crippen LogP contribution is 2.09. The smallest absolute Gasteiger partial charge is 0.234 e. The van der Waals surface area contributed by atoms with E-state index in [0.717, 1.165) is 19.4 Å². The van der Waals surface area contributed by atoms with Gasteiger partial charge in [-0.05, 0) is 40.2 Å². The first kappa shape index (κ1) is 12.5. The summed E-state index contributed by atoms with van der Waals surface area (Å²) >= 11 is 0. The number of β-amino-alcohol motifs (C(OH)–C–C–N with tert-alkyl or cyclic N) is 1. The highest BCUT2D eigenvalue weighted by molar-refractivity contribution is 5.78. The van der Waals surface area contributed by atoms with Crippen LogP contribution in [0.4, 0.5) is 0 Å². The van der Waals surface area contributed by atoms with E-state index in [1.807, 2.05) is 25.7 Å². The zero-order valence-electron chi connectivity index (χ0n) is 9.92. The fourth-order valence-corrected chi connectivity index (χ4v) is 1.84. The van der Waals surface area contributed by atoms with Gasteiger partial charge in [-0.15, -0.1) is 0 Å². The molecular weight excluding hydrogens is 192 g/mol. The number of carbonyl (C=O) groups excluding carboxylic acids is 1. The van der Waals surface area contributed by atoms with Crippen LogP contribution in [0.5, 0.6) is 0 Å². The van der Waals surface area contributed by atoms with E-state index in [9.17, 15) is 9.90 Å². The van der Waals surface area contributed by atoms with Gasteiger partial charge in [0.1, 0.15) is 0 Å². The molecule has 2 N–H and O–H groups in total. The Bertz CT molecular complexity index is 223. The molecule has 1 rings (SSSR count). The summed E-state index contributed by atoms with van der Waals surface area (Å²) in [6.45, 7) is 7.84. The predicted molar refractivity (Wildman–Crippen MR) is 59.6 cm³/mol. The van der Waals surface area contributed by atoms with Crippen molar-refractivity contribution < 1.29 is 9.90 Å². The number of nitrogens with one attached hydrogen (secondary N) is 1. The molecule has 1 atom stereocenters. The fourth-order valence-electron chi connectivity index (χ4n) is 1.84. The predicted octanol–water partition coefficient (Wildman–Crippen LogP) is 0.358. The van der Waals surface area contributed by atoms with Crippen molar-refractivity contribution in [1.82, 2.24) is 10.2 Å². The Kier molecular flexibility index (Phi) is 4.11.